The number of carbonyl (C=O) groups excluding carboxylic acids is 1. The maximum Gasteiger partial charge on any atom is 0.151 e. The fourth-order valence-corrected chi connectivity index (χ4v) is 3.13. The molecule has 1 unspecified atom stereocenters. The van der Waals surface area contributed by atoms with Crippen LogP contribution in [0, 0.1) is 5.92 Å². The lowest BCUT2D eigenvalue weighted by atomic mass is 10.0. The standard InChI is InChI=1S/C7H12O3S/c1-6(8)7-3-2-4-11(9,10)5-7/h7H,2-5H2,1H3. The van der Waals surface area contributed by atoms with E-state index in [1.165, 1.54) is 6.92 Å². The summed E-state index contributed by atoms with van der Waals surface area (Å²) in [5, 5.41) is 0. The minimum absolute atomic E-state index is 0.00766. The third-order valence-corrected chi connectivity index (χ3v) is 3.86. The van der Waals surface area contributed by atoms with E-state index in [9.17, 15) is 13.2 Å². The molecule has 1 aliphatic heterocycles. The SMILES string of the molecule is CC(=O)C1CCCS(=O)(=O)C1. The molecule has 1 heterocycles. The van der Waals surface area contributed by atoms with Gasteiger partial charge < -0.3 is 0 Å². The Balaban J connectivity index is 2.68. The molecule has 1 saturated heterocycles. The second-order valence-corrected chi connectivity index (χ2v) is 5.29. The van der Waals surface area contributed by atoms with E-state index >= 15 is 0 Å². The van der Waals surface area contributed by atoms with Crippen LogP contribution in [0.5, 0.6) is 0 Å². The van der Waals surface area contributed by atoms with Crippen molar-refractivity contribution in [1.29, 1.82) is 0 Å². The normalized spacial score (nSPS) is 29.7. The van der Waals surface area contributed by atoms with E-state index in [4.69, 9.17) is 0 Å². The minimum atomic E-state index is -2.90. The average molecular weight is 176 g/mol. The molecule has 0 N–H and O–H groups in total. The highest BCUT2D eigenvalue weighted by Crippen LogP contribution is 2.18. The molecule has 0 aromatic carbocycles. The van der Waals surface area contributed by atoms with Gasteiger partial charge in [0.15, 0.2) is 9.84 Å². The topological polar surface area (TPSA) is 51.2 Å². The van der Waals surface area contributed by atoms with E-state index < -0.39 is 9.84 Å². The molecule has 4 heteroatoms. The molecular formula is C7H12O3S. The molecule has 0 saturated carbocycles. The van der Waals surface area contributed by atoms with Gasteiger partial charge in [0.25, 0.3) is 0 Å². The van der Waals surface area contributed by atoms with E-state index in [1.807, 2.05) is 0 Å². The smallest absolute Gasteiger partial charge is 0.151 e. The van der Waals surface area contributed by atoms with Crippen LogP contribution in [0.25, 0.3) is 0 Å². The van der Waals surface area contributed by atoms with Crippen molar-refractivity contribution in [3.8, 4) is 0 Å². The Kier molecular flexibility index (Phi) is 2.32. The lowest BCUT2D eigenvalue weighted by molar-refractivity contribution is -0.120. The maximum atomic E-state index is 11.0. The van der Waals surface area contributed by atoms with Crippen LogP contribution >= 0.6 is 0 Å². The molecule has 11 heavy (non-hydrogen) atoms. The molecule has 0 aliphatic carbocycles. The second-order valence-electron chi connectivity index (χ2n) is 3.06. The van der Waals surface area contributed by atoms with Crippen LogP contribution in [0.15, 0.2) is 0 Å². The van der Waals surface area contributed by atoms with Crippen molar-refractivity contribution in [2.75, 3.05) is 11.5 Å². The molecule has 0 spiro atoms. The molecule has 1 fully saturated rings. The van der Waals surface area contributed by atoms with E-state index in [1.54, 1.807) is 0 Å². The van der Waals surface area contributed by atoms with Gasteiger partial charge in [-0.2, -0.15) is 0 Å². The van der Waals surface area contributed by atoms with Crippen molar-refractivity contribution in [2.45, 2.75) is 19.8 Å². The quantitative estimate of drug-likeness (QED) is 0.581. The van der Waals surface area contributed by atoms with E-state index in [0.29, 0.717) is 6.42 Å². The van der Waals surface area contributed by atoms with Crippen molar-refractivity contribution < 1.29 is 13.2 Å². The summed E-state index contributed by atoms with van der Waals surface area (Å²) < 4.78 is 22.0. The third-order valence-electron chi connectivity index (χ3n) is 2.04. The molecule has 1 atom stereocenters. The van der Waals surface area contributed by atoms with Gasteiger partial charge in [0.1, 0.15) is 5.78 Å². The Morgan fingerprint density at radius 2 is 2.09 bits per heavy atom. The fraction of sp³-hybridized carbons (Fsp3) is 0.857. The van der Waals surface area contributed by atoms with Gasteiger partial charge in [-0.25, -0.2) is 8.42 Å². The number of hydrogen-bond acceptors (Lipinski definition) is 3. The summed E-state index contributed by atoms with van der Waals surface area (Å²) in [6.45, 7) is 1.46. The first kappa shape index (κ1) is 8.71. The molecule has 0 bridgehead atoms. The van der Waals surface area contributed by atoms with Crippen LogP contribution in [-0.2, 0) is 14.6 Å². The largest absolute Gasteiger partial charge is 0.300 e. The van der Waals surface area contributed by atoms with Crippen LogP contribution in [0.1, 0.15) is 19.8 Å². The third kappa shape index (κ3) is 2.29. The minimum Gasteiger partial charge on any atom is -0.300 e. The first-order valence-corrected chi connectivity index (χ1v) is 5.54. The molecule has 0 radical (unpaired) electrons. The van der Waals surface area contributed by atoms with Gasteiger partial charge >= 0.3 is 0 Å². The summed E-state index contributed by atoms with van der Waals surface area (Å²) in [6, 6.07) is 0. The molecule has 3 nitrogen and oxygen atoms in total. The number of rotatable bonds is 1. The van der Waals surface area contributed by atoms with Gasteiger partial charge in [-0.1, -0.05) is 0 Å². The van der Waals surface area contributed by atoms with Crippen molar-refractivity contribution >= 4 is 15.6 Å². The monoisotopic (exact) mass is 176 g/mol. The molecule has 0 aromatic rings. The number of Topliss-reactive ketones (excluding diaryl/α,β-unsaturated/α-hetero) is 1. The lowest BCUT2D eigenvalue weighted by Crippen LogP contribution is -2.29. The molecular weight excluding hydrogens is 164 g/mol. The Hall–Kier alpha value is -0.380. The zero-order chi connectivity index (χ0) is 8.48. The zero-order valence-electron chi connectivity index (χ0n) is 6.54. The summed E-state index contributed by atoms with van der Waals surface area (Å²) in [7, 11) is -2.90. The fourth-order valence-electron chi connectivity index (χ4n) is 1.34. The molecule has 0 amide bonds. The molecule has 0 aromatic heterocycles. The van der Waals surface area contributed by atoms with Crippen molar-refractivity contribution in [1.82, 2.24) is 0 Å². The summed E-state index contributed by atoms with van der Waals surface area (Å²) in [4.78, 5) is 10.8. The van der Waals surface area contributed by atoms with Crippen molar-refractivity contribution in [2.24, 2.45) is 5.92 Å². The van der Waals surface area contributed by atoms with Crippen LogP contribution in [0.3, 0.4) is 0 Å². The predicted octanol–water partition coefficient (Wildman–Crippen LogP) is 0.400. The number of carbonyl (C=O) groups is 1. The van der Waals surface area contributed by atoms with E-state index in [-0.39, 0.29) is 23.2 Å². The average Bonchev–Trinajstić information content (AvgIpc) is 1.85. The van der Waals surface area contributed by atoms with Crippen LogP contribution in [0.2, 0.25) is 0 Å². The van der Waals surface area contributed by atoms with Gasteiger partial charge in [-0.15, -0.1) is 0 Å². The molecule has 1 aliphatic rings. The Bertz CT molecular complexity index is 253. The van der Waals surface area contributed by atoms with Gasteiger partial charge in [-0.05, 0) is 19.8 Å². The van der Waals surface area contributed by atoms with Crippen LogP contribution in [-0.4, -0.2) is 25.7 Å². The van der Waals surface area contributed by atoms with E-state index in [0.717, 1.165) is 6.42 Å². The lowest BCUT2D eigenvalue weighted by Gasteiger charge is -2.18. The van der Waals surface area contributed by atoms with Gasteiger partial charge in [0.05, 0.1) is 11.5 Å². The van der Waals surface area contributed by atoms with Gasteiger partial charge in [0, 0.05) is 5.92 Å². The Morgan fingerprint density at radius 3 is 2.45 bits per heavy atom. The first-order chi connectivity index (χ1) is 5.01. The number of ketones is 1. The summed E-state index contributed by atoms with van der Waals surface area (Å²) in [6.07, 6.45) is 1.39. The highest BCUT2D eigenvalue weighted by atomic mass is 32.2. The van der Waals surface area contributed by atoms with Gasteiger partial charge in [0.2, 0.25) is 0 Å². The van der Waals surface area contributed by atoms with E-state index in [2.05, 4.69) is 0 Å². The Labute approximate surface area is 66.7 Å². The maximum absolute atomic E-state index is 11.0. The summed E-state index contributed by atoms with van der Waals surface area (Å²) in [5.41, 5.74) is 0. The second kappa shape index (κ2) is 2.93. The van der Waals surface area contributed by atoms with Crippen LogP contribution in [0.4, 0.5) is 0 Å². The highest BCUT2D eigenvalue weighted by Gasteiger charge is 2.27. The number of hydrogen-bond donors (Lipinski definition) is 0. The molecule has 64 valence electrons. The number of sulfone groups is 1. The van der Waals surface area contributed by atoms with Crippen molar-refractivity contribution in [3.63, 3.8) is 0 Å². The predicted molar refractivity (Wildman–Crippen MR) is 42.1 cm³/mol. The highest BCUT2D eigenvalue weighted by molar-refractivity contribution is 7.91. The first-order valence-electron chi connectivity index (χ1n) is 3.72. The Morgan fingerprint density at radius 1 is 1.45 bits per heavy atom. The zero-order valence-corrected chi connectivity index (χ0v) is 7.36. The van der Waals surface area contributed by atoms with Gasteiger partial charge in [-0.3, -0.25) is 4.79 Å². The van der Waals surface area contributed by atoms with Crippen LogP contribution < -0.4 is 0 Å². The molecule has 1 rings (SSSR count). The van der Waals surface area contributed by atoms with Crippen molar-refractivity contribution in [3.05, 3.63) is 0 Å². The summed E-state index contributed by atoms with van der Waals surface area (Å²) in [5.74, 6) is 0.112. The summed E-state index contributed by atoms with van der Waals surface area (Å²) >= 11 is 0.